The number of likely N-dealkylation sites (tertiary alicyclic amines) is 1. The minimum atomic E-state index is -0.123. The molecular weight excluding hydrogens is 343 g/mol. The summed E-state index contributed by atoms with van der Waals surface area (Å²) in [6, 6.07) is 8.83. The molecule has 2 heterocycles. The van der Waals surface area contributed by atoms with Crippen LogP contribution < -0.4 is 0 Å². The number of rotatable bonds is 6. The fourth-order valence-electron chi connectivity index (χ4n) is 3.81. The van der Waals surface area contributed by atoms with Gasteiger partial charge in [-0.3, -0.25) is 9.48 Å². The van der Waals surface area contributed by atoms with Gasteiger partial charge in [0.05, 0.1) is 0 Å². The fourth-order valence-corrected chi connectivity index (χ4v) is 3.81. The molecule has 146 valence electrons. The summed E-state index contributed by atoms with van der Waals surface area (Å²) in [7, 11) is 3.70. The molecule has 6 heteroatoms. The van der Waals surface area contributed by atoms with Gasteiger partial charge in [0.25, 0.3) is 5.91 Å². The van der Waals surface area contributed by atoms with Crippen molar-refractivity contribution >= 4 is 5.91 Å². The summed E-state index contributed by atoms with van der Waals surface area (Å²) in [5.41, 5.74) is 2.26. The summed E-state index contributed by atoms with van der Waals surface area (Å²) in [6.07, 6.45) is 2.96. The Bertz CT molecular complexity index is 769. The summed E-state index contributed by atoms with van der Waals surface area (Å²) in [5, 5.41) is 4.29. The van der Waals surface area contributed by atoms with Crippen molar-refractivity contribution in [2.24, 2.45) is 13.0 Å². The van der Waals surface area contributed by atoms with Gasteiger partial charge in [-0.2, -0.15) is 5.10 Å². The molecule has 0 spiro atoms. The third kappa shape index (κ3) is 4.95. The van der Waals surface area contributed by atoms with Gasteiger partial charge in [-0.25, -0.2) is 4.39 Å². The molecule has 0 aliphatic carbocycles. The Morgan fingerprint density at radius 1 is 1.37 bits per heavy atom. The number of hydrogen-bond donors (Lipinski definition) is 0. The summed E-state index contributed by atoms with van der Waals surface area (Å²) in [4.78, 5) is 16.8. The number of halogens is 1. The predicted octanol–water partition coefficient (Wildman–Crippen LogP) is 2.89. The lowest BCUT2D eigenvalue weighted by molar-refractivity contribution is 0.0724. The molecule has 1 atom stereocenters. The van der Waals surface area contributed by atoms with Crippen molar-refractivity contribution in [3.63, 3.8) is 0 Å². The highest BCUT2D eigenvalue weighted by Gasteiger charge is 2.24. The van der Waals surface area contributed by atoms with Crippen molar-refractivity contribution < 1.29 is 9.18 Å². The molecule has 1 aliphatic heterocycles. The van der Waals surface area contributed by atoms with Gasteiger partial charge >= 0.3 is 0 Å². The summed E-state index contributed by atoms with van der Waals surface area (Å²) in [6.45, 7) is 5.52. The molecule has 27 heavy (non-hydrogen) atoms. The summed E-state index contributed by atoms with van der Waals surface area (Å²) < 4.78 is 15.5. The monoisotopic (exact) mass is 372 g/mol. The van der Waals surface area contributed by atoms with Crippen LogP contribution in [0.4, 0.5) is 4.39 Å². The number of aryl methyl sites for hydroxylation is 2. The fraction of sp³-hybridized carbons (Fsp3) is 0.524. The van der Waals surface area contributed by atoms with Crippen molar-refractivity contribution in [3.05, 3.63) is 53.1 Å². The van der Waals surface area contributed by atoms with Crippen molar-refractivity contribution in [3.8, 4) is 0 Å². The number of benzene rings is 1. The zero-order chi connectivity index (χ0) is 19.4. The summed E-state index contributed by atoms with van der Waals surface area (Å²) in [5.74, 6) is 0.294. The van der Waals surface area contributed by atoms with Crippen LogP contribution in [0, 0.1) is 18.7 Å². The molecule has 1 amide bonds. The summed E-state index contributed by atoms with van der Waals surface area (Å²) >= 11 is 0. The van der Waals surface area contributed by atoms with Crippen LogP contribution in [-0.4, -0.2) is 58.7 Å². The van der Waals surface area contributed by atoms with Crippen molar-refractivity contribution in [2.75, 3.05) is 33.2 Å². The highest BCUT2D eigenvalue weighted by atomic mass is 19.1. The minimum absolute atomic E-state index is 0.0258. The molecule has 1 aromatic heterocycles. The first-order valence-electron chi connectivity index (χ1n) is 9.66. The van der Waals surface area contributed by atoms with E-state index in [1.807, 2.05) is 39.2 Å². The van der Waals surface area contributed by atoms with Gasteiger partial charge in [-0.05, 0) is 56.3 Å². The predicted molar refractivity (Wildman–Crippen MR) is 104 cm³/mol. The van der Waals surface area contributed by atoms with E-state index in [4.69, 9.17) is 0 Å². The number of aromatic nitrogens is 2. The number of carbonyl (C=O) groups excluding carboxylic acids is 1. The first-order chi connectivity index (χ1) is 12.9. The Hall–Kier alpha value is -2.21. The third-order valence-corrected chi connectivity index (χ3v) is 5.47. The van der Waals surface area contributed by atoms with E-state index in [1.165, 1.54) is 6.07 Å². The van der Waals surface area contributed by atoms with Gasteiger partial charge in [0.15, 0.2) is 5.69 Å². The molecule has 1 saturated heterocycles. The van der Waals surface area contributed by atoms with E-state index in [0.717, 1.165) is 56.7 Å². The van der Waals surface area contributed by atoms with Crippen LogP contribution in [-0.2, 0) is 13.5 Å². The Morgan fingerprint density at radius 3 is 2.85 bits per heavy atom. The Balaban J connectivity index is 1.51. The second-order valence-electron chi connectivity index (χ2n) is 7.63. The molecule has 0 saturated carbocycles. The van der Waals surface area contributed by atoms with Crippen molar-refractivity contribution in [1.82, 2.24) is 19.6 Å². The molecular formula is C21H29FN4O. The van der Waals surface area contributed by atoms with Crippen LogP contribution in [0.5, 0.6) is 0 Å². The topological polar surface area (TPSA) is 41.4 Å². The average molecular weight is 372 g/mol. The van der Waals surface area contributed by atoms with E-state index in [1.54, 1.807) is 15.6 Å². The smallest absolute Gasteiger partial charge is 0.274 e. The van der Waals surface area contributed by atoms with Crippen molar-refractivity contribution in [2.45, 2.75) is 26.2 Å². The zero-order valence-electron chi connectivity index (χ0n) is 16.5. The Kier molecular flexibility index (Phi) is 6.26. The van der Waals surface area contributed by atoms with Gasteiger partial charge in [-0.15, -0.1) is 0 Å². The highest BCUT2D eigenvalue weighted by molar-refractivity contribution is 5.92. The number of piperidine rings is 1. The maximum Gasteiger partial charge on any atom is 0.274 e. The van der Waals surface area contributed by atoms with Gasteiger partial charge in [0.1, 0.15) is 5.82 Å². The van der Waals surface area contributed by atoms with Gasteiger partial charge in [-0.1, -0.05) is 18.2 Å². The maximum absolute atomic E-state index is 13.8. The van der Waals surface area contributed by atoms with Crippen LogP contribution in [0.25, 0.3) is 0 Å². The number of carbonyl (C=O) groups is 1. The van der Waals surface area contributed by atoms with E-state index >= 15 is 0 Å². The molecule has 0 bridgehead atoms. The number of amides is 1. The quantitative estimate of drug-likeness (QED) is 0.783. The lowest BCUT2D eigenvalue weighted by Crippen LogP contribution is -2.42. The average Bonchev–Trinajstić information content (AvgIpc) is 2.99. The molecule has 1 aromatic carbocycles. The second kappa shape index (κ2) is 8.65. The molecule has 0 radical (unpaired) electrons. The second-order valence-corrected chi connectivity index (χ2v) is 7.63. The first-order valence-corrected chi connectivity index (χ1v) is 9.66. The molecule has 0 unspecified atom stereocenters. The lowest BCUT2D eigenvalue weighted by atomic mass is 9.97. The van der Waals surface area contributed by atoms with E-state index in [-0.39, 0.29) is 11.7 Å². The van der Waals surface area contributed by atoms with Crippen LogP contribution in [0.2, 0.25) is 0 Å². The molecule has 1 aliphatic rings. The van der Waals surface area contributed by atoms with Gasteiger partial charge in [0.2, 0.25) is 0 Å². The van der Waals surface area contributed by atoms with E-state index in [0.29, 0.717) is 11.6 Å². The largest absolute Gasteiger partial charge is 0.340 e. The van der Waals surface area contributed by atoms with Crippen LogP contribution in [0.1, 0.15) is 34.6 Å². The standard InChI is InChI=1S/C21H29FN4O/c1-16-13-20(23-25(16)3)21(27)24(2)14-17-7-6-11-26(15-17)12-10-18-8-4-5-9-19(18)22/h4-5,8-9,13,17H,6-7,10-12,14-15H2,1-3H3/t17-/m1/s1. The van der Waals surface area contributed by atoms with Crippen LogP contribution in [0.15, 0.2) is 30.3 Å². The molecule has 5 nitrogen and oxygen atoms in total. The van der Waals surface area contributed by atoms with Crippen molar-refractivity contribution in [1.29, 1.82) is 0 Å². The normalized spacial score (nSPS) is 17.9. The van der Waals surface area contributed by atoms with Crippen LogP contribution in [0.3, 0.4) is 0 Å². The van der Waals surface area contributed by atoms with E-state index in [2.05, 4.69) is 10.00 Å². The maximum atomic E-state index is 13.8. The highest BCUT2D eigenvalue weighted by Crippen LogP contribution is 2.19. The number of hydrogen-bond acceptors (Lipinski definition) is 3. The third-order valence-electron chi connectivity index (χ3n) is 5.47. The van der Waals surface area contributed by atoms with Crippen LogP contribution >= 0.6 is 0 Å². The zero-order valence-corrected chi connectivity index (χ0v) is 16.5. The molecule has 3 rings (SSSR count). The SMILES string of the molecule is Cc1cc(C(=O)N(C)C[C@H]2CCCN(CCc3ccccc3F)C2)nn1C. The minimum Gasteiger partial charge on any atom is -0.340 e. The van der Waals surface area contributed by atoms with E-state index in [9.17, 15) is 9.18 Å². The molecule has 0 N–H and O–H groups in total. The van der Waals surface area contributed by atoms with Gasteiger partial charge in [0, 0.05) is 39.4 Å². The first kappa shape index (κ1) is 19.5. The number of nitrogens with zero attached hydrogens (tertiary/aromatic N) is 4. The lowest BCUT2D eigenvalue weighted by Gasteiger charge is -2.34. The Morgan fingerprint density at radius 2 is 2.15 bits per heavy atom. The van der Waals surface area contributed by atoms with Gasteiger partial charge < -0.3 is 9.80 Å². The molecule has 2 aromatic rings. The molecule has 1 fully saturated rings. The Labute approximate surface area is 160 Å². The van der Waals surface area contributed by atoms with E-state index < -0.39 is 0 Å².